The first-order valence-electron chi connectivity index (χ1n) is 12.1. The number of aromatic nitrogens is 2. The van der Waals surface area contributed by atoms with E-state index in [0.29, 0.717) is 30.2 Å². The van der Waals surface area contributed by atoms with Crippen LogP contribution >= 0.6 is 0 Å². The molecule has 0 N–H and O–H groups in total. The molecular weight excluding hydrogens is 466 g/mol. The Balaban J connectivity index is 1.27. The third-order valence-corrected chi connectivity index (χ3v) is 6.97. The van der Waals surface area contributed by atoms with Gasteiger partial charge in [0.05, 0.1) is 17.9 Å². The minimum absolute atomic E-state index is 0.0218. The van der Waals surface area contributed by atoms with Crippen LogP contribution in [0, 0.1) is 11.6 Å². The maximum atomic E-state index is 13.8. The molecule has 1 aromatic carbocycles. The first-order valence-corrected chi connectivity index (χ1v) is 12.1. The topological polar surface area (TPSA) is 69.0 Å². The molecule has 2 aliphatic heterocycles. The van der Waals surface area contributed by atoms with E-state index in [1.807, 2.05) is 24.4 Å². The summed E-state index contributed by atoms with van der Waals surface area (Å²) in [5.41, 5.74) is 3.71. The number of nitrogens with zero attached hydrogens (tertiary/aromatic N) is 4. The van der Waals surface area contributed by atoms with E-state index in [-0.39, 0.29) is 11.2 Å². The molecule has 1 saturated heterocycles. The predicted molar refractivity (Wildman–Crippen MR) is 131 cm³/mol. The largest absolute Gasteiger partial charge is 0.396 e. The molecule has 2 aromatic heterocycles. The average Bonchev–Trinajstić information content (AvgIpc) is 3.24. The standard InChI is InChI=1S/C27H28F2N4O3/c1-3-36-31-25(19-5-6-22(28)23(29)14-19)24-7-4-18(15-30-24)16-33-12-9-27(10-13-33)21-8-11-32(2)26(34)20(21)17-35-27/h4-8,11,14-15H,3,9-10,12-13,16-17H2,1-2H3/b31-25+. The van der Waals surface area contributed by atoms with Crippen LogP contribution in [0.5, 0.6) is 0 Å². The second kappa shape index (κ2) is 9.91. The summed E-state index contributed by atoms with van der Waals surface area (Å²) in [6.07, 6.45) is 5.23. The van der Waals surface area contributed by atoms with Crippen molar-refractivity contribution in [3.63, 3.8) is 0 Å². The molecule has 0 aliphatic carbocycles. The molecule has 0 atom stereocenters. The van der Waals surface area contributed by atoms with Gasteiger partial charge >= 0.3 is 0 Å². The maximum absolute atomic E-state index is 13.8. The van der Waals surface area contributed by atoms with Crippen LogP contribution in [0.25, 0.3) is 0 Å². The van der Waals surface area contributed by atoms with E-state index in [1.54, 1.807) is 24.7 Å². The molecule has 36 heavy (non-hydrogen) atoms. The van der Waals surface area contributed by atoms with E-state index in [9.17, 15) is 13.6 Å². The fourth-order valence-electron chi connectivity index (χ4n) is 4.96. The van der Waals surface area contributed by atoms with Crippen LogP contribution in [0.15, 0.2) is 58.7 Å². The van der Waals surface area contributed by atoms with E-state index in [1.165, 1.54) is 6.07 Å². The monoisotopic (exact) mass is 494 g/mol. The lowest BCUT2D eigenvalue weighted by atomic mass is 9.84. The van der Waals surface area contributed by atoms with Gasteiger partial charge in [0.1, 0.15) is 12.3 Å². The molecule has 188 valence electrons. The quantitative estimate of drug-likeness (QED) is 0.385. The Hall–Kier alpha value is -3.43. The number of pyridine rings is 2. The summed E-state index contributed by atoms with van der Waals surface area (Å²) >= 11 is 0. The Kier molecular flexibility index (Phi) is 6.68. The molecular formula is C27H28F2N4O3. The number of rotatable bonds is 6. The second-order valence-corrected chi connectivity index (χ2v) is 9.22. The van der Waals surface area contributed by atoms with E-state index in [0.717, 1.165) is 61.3 Å². The van der Waals surface area contributed by atoms with Crippen LogP contribution in [0.2, 0.25) is 0 Å². The number of ether oxygens (including phenoxy) is 1. The third kappa shape index (κ3) is 4.56. The summed E-state index contributed by atoms with van der Waals surface area (Å²) < 4.78 is 35.0. The predicted octanol–water partition coefficient (Wildman–Crippen LogP) is 3.87. The minimum Gasteiger partial charge on any atom is -0.396 e. The number of benzene rings is 1. The van der Waals surface area contributed by atoms with Crippen molar-refractivity contribution >= 4 is 5.71 Å². The summed E-state index contributed by atoms with van der Waals surface area (Å²) in [6.45, 7) is 4.89. The molecule has 1 fully saturated rings. The Labute approximate surface area is 208 Å². The van der Waals surface area contributed by atoms with Gasteiger partial charge in [-0.1, -0.05) is 11.2 Å². The first-order chi connectivity index (χ1) is 17.4. The second-order valence-electron chi connectivity index (χ2n) is 9.22. The number of halogens is 2. The van der Waals surface area contributed by atoms with Crippen LogP contribution in [-0.2, 0) is 35.4 Å². The van der Waals surface area contributed by atoms with E-state index >= 15 is 0 Å². The maximum Gasteiger partial charge on any atom is 0.256 e. The molecule has 0 bridgehead atoms. The van der Waals surface area contributed by atoms with Gasteiger partial charge in [-0.3, -0.25) is 14.7 Å². The summed E-state index contributed by atoms with van der Waals surface area (Å²) in [7, 11) is 1.76. The molecule has 7 nitrogen and oxygen atoms in total. The highest BCUT2D eigenvalue weighted by Gasteiger charge is 2.43. The smallest absolute Gasteiger partial charge is 0.256 e. The lowest BCUT2D eigenvalue weighted by Gasteiger charge is -2.39. The van der Waals surface area contributed by atoms with Crippen LogP contribution in [0.4, 0.5) is 8.78 Å². The first kappa shape index (κ1) is 24.3. The van der Waals surface area contributed by atoms with Crippen molar-refractivity contribution in [1.29, 1.82) is 0 Å². The molecule has 0 amide bonds. The number of likely N-dealkylation sites (tertiary alicyclic amines) is 1. The molecule has 0 unspecified atom stereocenters. The van der Waals surface area contributed by atoms with Gasteiger partial charge in [-0.15, -0.1) is 0 Å². The fourth-order valence-corrected chi connectivity index (χ4v) is 4.96. The molecule has 2 aliphatic rings. The van der Waals surface area contributed by atoms with E-state index < -0.39 is 11.6 Å². The summed E-state index contributed by atoms with van der Waals surface area (Å²) in [5.74, 6) is -1.87. The normalized spacial score (nSPS) is 17.4. The van der Waals surface area contributed by atoms with Crippen LogP contribution < -0.4 is 5.56 Å². The summed E-state index contributed by atoms with van der Waals surface area (Å²) in [4.78, 5) is 24.5. The molecule has 3 aromatic rings. The number of hydrogen-bond donors (Lipinski definition) is 0. The van der Waals surface area contributed by atoms with E-state index in [2.05, 4.69) is 15.0 Å². The number of piperidine rings is 1. The van der Waals surface area contributed by atoms with Gasteiger partial charge < -0.3 is 14.1 Å². The summed E-state index contributed by atoms with van der Waals surface area (Å²) in [6, 6.07) is 9.40. The van der Waals surface area contributed by atoms with Gasteiger partial charge in [-0.2, -0.15) is 0 Å². The van der Waals surface area contributed by atoms with Crippen molar-refractivity contribution in [3.8, 4) is 0 Å². The van der Waals surface area contributed by atoms with Crippen LogP contribution in [0.3, 0.4) is 0 Å². The lowest BCUT2D eigenvalue weighted by Crippen LogP contribution is -2.42. The Bertz CT molecular complexity index is 1350. The highest BCUT2D eigenvalue weighted by Crippen LogP contribution is 2.43. The number of aryl methyl sites for hydroxylation is 1. The zero-order valence-electron chi connectivity index (χ0n) is 20.3. The highest BCUT2D eigenvalue weighted by molar-refractivity contribution is 6.11. The molecule has 0 saturated carbocycles. The van der Waals surface area contributed by atoms with Gasteiger partial charge in [0.2, 0.25) is 0 Å². The van der Waals surface area contributed by atoms with Crippen molar-refractivity contribution in [2.75, 3.05) is 19.7 Å². The van der Waals surface area contributed by atoms with Crippen molar-refractivity contribution < 1.29 is 18.4 Å². The van der Waals surface area contributed by atoms with E-state index in [4.69, 9.17) is 9.57 Å². The zero-order valence-corrected chi connectivity index (χ0v) is 20.3. The minimum atomic E-state index is -0.953. The van der Waals surface area contributed by atoms with Gasteiger partial charge in [0.15, 0.2) is 11.6 Å². The molecule has 5 rings (SSSR count). The molecule has 1 spiro atoms. The third-order valence-electron chi connectivity index (χ3n) is 6.97. The number of hydrogen-bond acceptors (Lipinski definition) is 6. The molecule has 4 heterocycles. The zero-order chi connectivity index (χ0) is 25.3. The SMILES string of the molecule is CCO/N=C(\c1ccc(F)c(F)c1)c1ccc(CN2CCC3(CC2)OCc2c3ccn(C)c2=O)cn1. The lowest BCUT2D eigenvalue weighted by molar-refractivity contribution is -0.0799. The van der Waals surface area contributed by atoms with Gasteiger partial charge in [-0.25, -0.2) is 8.78 Å². The molecule has 9 heteroatoms. The van der Waals surface area contributed by atoms with Gasteiger partial charge in [-0.05, 0) is 61.2 Å². The van der Waals surface area contributed by atoms with Crippen molar-refractivity contribution in [3.05, 3.63) is 98.7 Å². The van der Waals surface area contributed by atoms with Gasteiger partial charge in [0, 0.05) is 50.2 Å². The summed E-state index contributed by atoms with van der Waals surface area (Å²) in [5, 5.41) is 4.09. The van der Waals surface area contributed by atoms with Gasteiger partial charge in [0.25, 0.3) is 5.56 Å². The Morgan fingerprint density at radius 2 is 1.97 bits per heavy atom. The fraction of sp³-hybridized carbons (Fsp3) is 0.370. The van der Waals surface area contributed by atoms with Crippen molar-refractivity contribution in [1.82, 2.24) is 14.5 Å². The van der Waals surface area contributed by atoms with Crippen molar-refractivity contribution in [2.24, 2.45) is 12.2 Å². The van der Waals surface area contributed by atoms with Crippen LogP contribution in [0.1, 0.15) is 47.7 Å². The van der Waals surface area contributed by atoms with Crippen molar-refractivity contribution in [2.45, 2.75) is 38.5 Å². The Morgan fingerprint density at radius 1 is 1.17 bits per heavy atom. The Morgan fingerprint density at radius 3 is 2.67 bits per heavy atom. The number of oxime groups is 1. The highest BCUT2D eigenvalue weighted by atomic mass is 19.2. The molecule has 0 radical (unpaired) electrons. The van der Waals surface area contributed by atoms with Crippen LogP contribution in [-0.4, -0.2) is 39.9 Å². The number of fused-ring (bicyclic) bond motifs is 2. The average molecular weight is 495 g/mol.